The maximum Gasteiger partial charge on any atom is 0.120 e. The van der Waals surface area contributed by atoms with E-state index in [1.807, 2.05) is 0 Å². The van der Waals surface area contributed by atoms with Gasteiger partial charge in [0, 0.05) is 6.42 Å². The van der Waals surface area contributed by atoms with Crippen LogP contribution in [0.5, 0.6) is 0 Å². The lowest BCUT2D eigenvalue weighted by Crippen LogP contribution is -2.19. The van der Waals surface area contributed by atoms with E-state index in [1.54, 1.807) is 0 Å². The molecule has 64 valence electrons. The van der Waals surface area contributed by atoms with Crippen molar-refractivity contribution in [1.82, 2.24) is 0 Å². The Kier molecular flexibility index (Phi) is 2.66. The van der Waals surface area contributed by atoms with Gasteiger partial charge in [-0.25, -0.2) is 0 Å². The predicted octanol–water partition coefficient (Wildman–Crippen LogP) is 1.92. The van der Waals surface area contributed by atoms with Gasteiger partial charge in [0.1, 0.15) is 6.29 Å². The minimum Gasteiger partial charge on any atom is -0.372 e. The fraction of sp³-hybridized carbons (Fsp3) is 0.889. The zero-order chi connectivity index (χ0) is 8.32. The van der Waals surface area contributed by atoms with Crippen molar-refractivity contribution >= 4 is 6.29 Å². The second kappa shape index (κ2) is 3.35. The zero-order valence-electron chi connectivity index (χ0n) is 7.30. The van der Waals surface area contributed by atoms with Crippen LogP contribution in [0.15, 0.2) is 0 Å². The van der Waals surface area contributed by atoms with Crippen LogP contribution in [-0.2, 0) is 9.53 Å². The number of carbonyl (C=O) groups excluding carboxylic acids is 1. The van der Waals surface area contributed by atoms with E-state index in [9.17, 15) is 4.79 Å². The van der Waals surface area contributed by atoms with Gasteiger partial charge in [-0.2, -0.15) is 0 Å². The Bertz CT molecular complexity index is 140. The van der Waals surface area contributed by atoms with Crippen LogP contribution in [0.4, 0.5) is 0 Å². The van der Waals surface area contributed by atoms with Crippen molar-refractivity contribution in [2.24, 2.45) is 0 Å². The van der Waals surface area contributed by atoms with Gasteiger partial charge in [0.2, 0.25) is 0 Å². The lowest BCUT2D eigenvalue weighted by molar-refractivity contribution is -0.108. The Labute approximate surface area is 67.9 Å². The van der Waals surface area contributed by atoms with Crippen molar-refractivity contribution in [2.75, 3.05) is 0 Å². The Morgan fingerprint density at radius 2 is 2.36 bits per heavy atom. The molecular formula is C9H16O2. The van der Waals surface area contributed by atoms with Crippen molar-refractivity contribution in [1.29, 1.82) is 0 Å². The van der Waals surface area contributed by atoms with Crippen LogP contribution >= 0.6 is 0 Å². The van der Waals surface area contributed by atoms with Crippen LogP contribution in [0.1, 0.15) is 39.5 Å². The molecule has 1 aliphatic heterocycles. The van der Waals surface area contributed by atoms with E-state index < -0.39 is 0 Å². The van der Waals surface area contributed by atoms with E-state index >= 15 is 0 Å². The van der Waals surface area contributed by atoms with Gasteiger partial charge in [-0.05, 0) is 33.1 Å². The average molecular weight is 156 g/mol. The van der Waals surface area contributed by atoms with Crippen LogP contribution in [0.3, 0.4) is 0 Å². The molecule has 0 aromatic heterocycles. The standard InChI is InChI=1S/C9H16O2/c1-9(2)6-5-8(11-9)4-3-7-10/h7-8H,3-6H2,1-2H3. The molecule has 1 aliphatic rings. The molecule has 1 saturated heterocycles. The van der Waals surface area contributed by atoms with E-state index in [2.05, 4.69) is 13.8 Å². The van der Waals surface area contributed by atoms with Crippen molar-refractivity contribution in [3.8, 4) is 0 Å². The summed E-state index contributed by atoms with van der Waals surface area (Å²) in [6.07, 6.45) is 5.06. The molecule has 0 aromatic carbocycles. The molecule has 0 radical (unpaired) electrons. The summed E-state index contributed by atoms with van der Waals surface area (Å²) in [5.74, 6) is 0. The van der Waals surface area contributed by atoms with E-state index in [1.165, 1.54) is 0 Å². The van der Waals surface area contributed by atoms with Crippen LogP contribution in [-0.4, -0.2) is 18.0 Å². The topological polar surface area (TPSA) is 26.3 Å². The molecule has 1 heterocycles. The van der Waals surface area contributed by atoms with Crippen molar-refractivity contribution in [2.45, 2.75) is 51.2 Å². The highest BCUT2D eigenvalue weighted by Gasteiger charge is 2.30. The molecular weight excluding hydrogens is 140 g/mol. The lowest BCUT2D eigenvalue weighted by Gasteiger charge is -2.18. The Hall–Kier alpha value is -0.370. The third-order valence-corrected chi connectivity index (χ3v) is 2.16. The number of ether oxygens (including phenoxy) is 1. The fourth-order valence-electron chi connectivity index (χ4n) is 1.53. The van der Waals surface area contributed by atoms with Crippen molar-refractivity contribution in [3.05, 3.63) is 0 Å². The first kappa shape index (κ1) is 8.72. The summed E-state index contributed by atoms with van der Waals surface area (Å²) in [7, 11) is 0. The Morgan fingerprint density at radius 3 is 2.82 bits per heavy atom. The first-order valence-electron chi connectivity index (χ1n) is 4.25. The molecule has 1 rings (SSSR count). The highest BCUT2D eigenvalue weighted by Crippen LogP contribution is 2.31. The van der Waals surface area contributed by atoms with Gasteiger partial charge in [0.05, 0.1) is 11.7 Å². The van der Waals surface area contributed by atoms with Crippen LogP contribution in [0.2, 0.25) is 0 Å². The van der Waals surface area contributed by atoms with Crippen molar-refractivity contribution < 1.29 is 9.53 Å². The van der Waals surface area contributed by atoms with Crippen LogP contribution in [0.25, 0.3) is 0 Å². The highest BCUT2D eigenvalue weighted by molar-refractivity contribution is 5.49. The van der Waals surface area contributed by atoms with E-state index in [0.717, 1.165) is 25.5 Å². The molecule has 0 N–H and O–H groups in total. The number of carbonyl (C=O) groups is 1. The van der Waals surface area contributed by atoms with Gasteiger partial charge in [-0.1, -0.05) is 0 Å². The number of hydrogen-bond acceptors (Lipinski definition) is 2. The average Bonchev–Trinajstić information content (AvgIpc) is 2.26. The molecule has 0 bridgehead atoms. The number of rotatable bonds is 3. The lowest BCUT2D eigenvalue weighted by atomic mass is 10.0. The normalized spacial score (nSPS) is 28.7. The second-order valence-corrected chi connectivity index (χ2v) is 3.78. The largest absolute Gasteiger partial charge is 0.372 e. The summed E-state index contributed by atoms with van der Waals surface area (Å²) in [4.78, 5) is 10.1. The monoisotopic (exact) mass is 156 g/mol. The molecule has 1 atom stereocenters. The Balaban J connectivity index is 2.24. The molecule has 11 heavy (non-hydrogen) atoms. The predicted molar refractivity (Wildman–Crippen MR) is 43.5 cm³/mol. The summed E-state index contributed by atoms with van der Waals surface area (Å²) in [6, 6.07) is 0. The quantitative estimate of drug-likeness (QED) is 0.583. The Morgan fingerprint density at radius 1 is 1.64 bits per heavy atom. The molecule has 0 spiro atoms. The van der Waals surface area contributed by atoms with Crippen LogP contribution in [0, 0.1) is 0 Å². The summed E-state index contributed by atoms with van der Waals surface area (Å²) < 4.78 is 5.69. The van der Waals surface area contributed by atoms with Gasteiger partial charge in [0.15, 0.2) is 0 Å². The van der Waals surface area contributed by atoms with Gasteiger partial charge in [0.25, 0.3) is 0 Å². The van der Waals surface area contributed by atoms with Gasteiger partial charge in [-0.15, -0.1) is 0 Å². The SMILES string of the molecule is CC1(C)CCC(CCC=O)O1. The zero-order valence-corrected chi connectivity index (χ0v) is 7.30. The number of aldehydes is 1. The molecule has 0 aromatic rings. The summed E-state index contributed by atoms with van der Waals surface area (Å²) in [5.41, 5.74) is 0.0492. The summed E-state index contributed by atoms with van der Waals surface area (Å²) >= 11 is 0. The molecule has 1 unspecified atom stereocenters. The first-order valence-corrected chi connectivity index (χ1v) is 4.25. The molecule has 2 nitrogen and oxygen atoms in total. The molecule has 0 saturated carbocycles. The molecule has 0 amide bonds. The second-order valence-electron chi connectivity index (χ2n) is 3.78. The van der Waals surface area contributed by atoms with E-state index in [4.69, 9.17) is 4.74 Å². The van der Waals surface area contributed by atoms with Gasteiger partial charge >= 0.3 is 0 Å². The number of hydrogen-bond donors (Lipinski definition) is 0. The highest BCUT2D eigenvalue weighted by atomic mass is 16.5. The smallest absolute Gasteiger partial charge is 0.120 e. The summed E-state index contributed by atoms with van der Waals surface area (Å²) in [5, 5.41) is 0. The fourth-order valence-corrected chi connectivity index (χ4v) is 1.53. The van der Waals surface area contributed by atoms with Crippen molar-refractivity contribution in [3.63, 3.8) is 0 Å². The molecule has 1 fully saturated rings. The maximum absolute atomic E-state index is 10.1. The summed E-state index contributed by atoms with van der Waals surface area (Å²) in [6.45, 7) is 4.21. The van der Waals surface area contributed by atoms with E-state index in [0.29, 0.717) is 12.5 Å². The molecule has 0 aliphatic carbocycles. The third-order valence-electron chi connectivity index (χ3n) is 2.16. The third kappa shape index (κ3) is 2.62. The van der Waals surface area contributed by atoms with Crippen LogP contribution < -0.4 is 0 Å². The molecule has 2 heteroatoms. The minimum atomic E-state index is 0.0492. The van der Waals surface area contributed by atoms with Gasteiger partial charge in [-0.3, -0.25) is 0 Å². The first-order chi connectivity index (χ1) is 5.14. The van der Waals surface area contributed by atoms with Gasteiger partial charge < -0.3 is 9.53 Å². The van der Waals surface area contributed by atoms with E-state index in [-0.39, 0.29) is 5.60 Å². The maximum atomic E-state index is 10.1. The minimum absolute atomic E-state index is 0.0492.